The SMILES string of the molecule is C=CCN(Cc1ccccc1)C(=O)[C@H]1[C@@H]2SC3(CC2Br)C(C(=O)N(CC=C)C(C)C)N([C@H](CO)c2ccccc2)C(=O)[C@H]13. The van der Waals surface area contributed by atoms with Gasteiger partial charge in [-0.05, 0) is 31.4 Å². The van der Waals surface area contributed by atoms with Crippen LogP contribution in [0, 0.1) is 11.8 Å². The molecule has 2 aromatic rings. The van der Waals surface area contributed by atoms with Crippen molar-refractivity contribution >= 4 is 45.4 Å². The Bertz CT molecular complexity index is 1360. The molecule has 2 bridgehead atoms. The maximum Gasteiger partial charge on any atom is 0.247 e. The van der Waals surface area contributed by atoms with E-state index in [9.17, 15) is 19.5 Å². The second-order valence-corrected chi connectivity index (χ2v) is 14.6. The highest BCUT2D eigenvalue weighted by molar-refractivity contribution is 9.09. The van der Waals surface area contributed by atoms with Gasteiger partial charge in [-0.1, -0.05) is 88.7 Å². The molecule has 1 spiro atoms. The number of rotatable bonds is 12. The molecule has 7 atom stereocenters. The molecule has 0 aliphatic carbocycles. The molecular formula is C34H40BrN3O4S. The third kappa shape index (κ3) is 5.49. The van der Waals surface area contributed by atoms with Crippen molar-refractivity contribution in [1.82, 2.24) is 14.7 Å². The molecule has 0 radical (unpaired) electrons. The lowest BCUT2D eigenvalue weighted by Gasteiger charge is -2.41. The van der Waals surface area contributed by atoms with Crippen LogP contribution in [0.5, 0.6) is 0 Å². The summed E-state index contributed by atoms with van der Waals surface area (Å²) >= 11 is 5.48. The van der Waals surface area contributed by atoms with Crippen molar-refractivity contribution in [1.29, 1.82) is 0 Å². The molecule has 0 saturated carbocycles. The van der Waals surface area contributed by atoms with Crippen LogP contribution in [0.1, 0.15) is 37.4 Å². The van der Waals surface area contributed by atoms with Crippen LogP contribution in [0.25, 0.3) is 0 Å². The van der Waals surface area contributed by atoms with Crippen LogP contribution < -0.4 is 0 Å². The number of likely N-dealkylation sites (tertiary alicyclic amines) is 1. The molecule has 7 nitrogen and oxygen atoms in total. The van der Waals surface area contributed by atoms with E-state index >= 15 is 0 Å². The van der Waals surface area contributed by atoms with Gasteiger partial charge in [0.25, 0.3) is 0 Å². The van der Waals surface area contributed by atoms with Gasteiger partial charge in [-0.2, -0.15) is 0 Å². The number of nitrogens with zero attached hydrogens (tertiary/aromatic N) is 3. The first-order valence-corrected chi connectivity index (χ1v) is 16.6. The average molecular weight is 667 g/mol. The Hall–Kier alpha value is -2.88. The average Bonchev–Trinajstić information content (AvgIpc) is 3.60. The van der Waals surface area contributed by atoms with E-state index in [0.717, 1.165) is 11.1 Å². The van der Waals surface area contributed by atoms with Gasteiger partial charge < -0.3 is 19.8 Å². The fraction of sp³-hybridized carbons (Fsp3) is 0.441. The summed E-state index contributed by atoms with van der Waals surface area (Å²) in [6.07, 6.45) is 3.98. The molecule has 0 aromatic heterocycles. The van der Waals surface area contributed by atoms with Crippen molar-refractivity contribution in [2.24, 2.45) is 11.8 Å². The normalized spacial score (nSPS) is 28.1. The second-order valence-electron chi connectivity index (χ2n) is 11.9. The fourth-order valence-corrected chi connectivity index (χ4v) is 10.8. The maximum absolute atomic E-state index is 14.8. The molecular weight excluding hydrogens is 626 g/mol. The smallest absolute Gasteiger partial charge is 0.247 e. The Morgan fingerprint density at radius 3 is 2.28 bits per heavy atom. The number of thioether (sulfide) groups is 1. The lowest BCUT2D eigenvalue weighted by molar-refractivity contribution is -0.147. The van der Waals surface area contributed by atoms with Crippen LogP contribution in [-0.2, 0) is 20.9 Å². The second kappa shape index (κ2) is 13.0. The number of alkyl halides is 1. The molecule has 9 heteroatoms. The van der Waals surface area contributed by atoms with Crippen LogP contribution in [-0.4, -0.2) is 84.1 Å². The highest BCUT2D eigenvalue weighted by Gasteiger charge is 2.76. The Balaban J connectivity index is 1.61. The predicted octanol–water partition coefficient (Wildman–Crippen LogP) is 4.82. The molecule has 3 aliphatic rings. The third-order valence-corrected chi connectivity index (χ3v) is 12.3. The molecule has 2 aromatic carbocycles. The highest BCUT2D eigenvalue weighted by atomic mass is 79.9. The van der Waals surface area contributed by atoms with Gasteiger partial charge in [0.2, 0.25) is 17.7 Å². The highest BCUT2D eigenvalue weighted by Crippen LogP contribution is 2.68. The van der Waals surface area contributed by atoms with E-state index in [1.54, 1.807) is 38.6 Å². The minimum atomic E-state index is -0.848. The standard InChI is InChI=1S/C34H40BrN3O4S/c1-5-17-36(20-23-13-9-7-10-14-23)31(40)27-28-32(41)38(26(21-39)24-15-11-8-12-16-24)30(33(42)37(18-6-2)22(3)4)34(28)19-25(35)29(27)43-34/h5-16,22,25-30,39H,1-2,17-21H2,3-4H3/t25?,26-,27-,28+,29-,30?,34?/m1/s1. The monoisotopic (exact) mass is 665 g/mol. The van der Waals surface area contributed by atoms with Gasteiger partial charge >= 0.3 is 0 Å². The lowest BCUT2D eigenvalue weighted by Crippen LogP contribution is -2.57. The van der Waals surface area contributed by atoms with Crippen LogP contribution in [0.4, 0.5) is 0 Å². The summed E-state index contributed by atoms with van der Waals surface area (Å²) in [7, 11) is 0. The van der Waals surface area contributed by atoms with E-state index in [-0.39, 0.29) is 40.4 Å². The van der Waals surface area contributed by atoms with E-state index in [0.29, 0.717) is 26.1 Å². The minimum absolute atomic E-state index is 0.0516. The number of amides is 3. The lowest BCUT2D eigenvalue weighted by atomic mass is 9.70. The fourth-order valence-electron chi connectivity index (χ4n) is 7.25. The first-order valence-electron chi connectivity index (χ1n) is 14.8. The van der Waals surface area contributed by atoms with Crippen molar-refractivity contribution < 1.29 is 19.5 Å². The summed E-state index contributed by atoms with van der Waals surface area (Å²) < 4.78 is -0.823. The zero-order valence-electron chi connectivity index (χ0n) is 24.7. The van der Waals surface area contributed by atoms with Crippen LogP contribution in [0.3, 0.4) is 0 Å². The molecule has 3 saturated heterocycles. The number of fused-ring (bicyclic) bond motifs is 1. The summed E-state index contributed by atoms with van der Waals surface area (Å²) in [5.41, 5.74) is 1.75. The molecule has 228 valence electrons. The van der Waals surface area contributed by atoms with Gasteiger partial charge in [0, 0.05) is 35.8 Å². The van der Waals surface area contributed by atoms with Gasteiger partial charge in [-0.15, -0.1) is 24.9 Å². The van der Waals surface area contributed by atoms with Crippen molar-refractivity contribution in [3.8, 4) is 0 Å². The van der Waals surface area contributed by atoms with Crippen molar-refractivity contribution in [3.63, 3.8) is 0 Å². The Morgan fingerprint density at radius 1 is 1.07 bits per heavy atom. The van der Waals surface area contributed by atoms with E-state index < -0.39 is 28.7 Å². The number of halogens is 1. The summed E-state index contributed by atoms with van der Waals surface area (Å²) in [5, 5.41) is 10.6. The number of hydrogen-bond acceptors (Lipinski definition) is 5. The first-order chi connectivity index (χ1) is 20.7. The third-order valence-electron chi connectivity index (χ3n) is 9.05. The zero-order chi connectivity index (χ0) is 30.9. The molecule has 3 unspecified atom stereocenters. The molecule has 3 heterocycles. The van der Waals surface area contributed by atoms with Gasteiger partial charge in [0.1, 0.15) is 6.04 Å². The molecule has 3 fully saturated rings. The Labute approximate surface area is 267 Å². The van der Waals surface area contributed by atoms with Gasteiger partial charge in [0.15, 0.2) is 0 Å². The summed E-state index contributed by atoms with van der Waals surface area (Å²) in [6.45, 7) is 12.4. The van der Waals surface area contributed by atoms with Crippen molar-refractivity contribution in [3.05, 3.63) is 97.1 Å². The van der Waals surface area contributed by atoms with Crippen LogP contribution in [0.15, 0.2) is 86.0 Å². The van der Waals surface area contributed by atoms with Crippen molar-refractivity contribution in [2.75, 3.05) is 19.7 Å². The summed E-state index contributed by atoms with van der Waals surface area (Å²) in [6, 6.07) is 17.5. The van der Waals surface area contributed by atoms with E-state index in [2.05, 4.69) is 29.1 Å². The molecule has 5 rings (SSSR count). The first kappa shape index (κ1) is 31.5. The zero-order valence-corrected chi connectivity index (χ0v) is 27.1. The van der Waals surface area contributed by atoms with Crippen LogP contribution >= 0.6 is 27.7 Å². The summed E-state index contributed by atoms with van der Waals surface area (Å²) in [5.74, 6) is -1.84. The minimum Gasteiger partial charge on any atom is -0.394 e. The quantitative estimate of drug-likeness (QED) is 0.260. The van der Waals surface area contributed by atoms with Crippen LogP contribution in [0.2, 0.25) is 0 Å². The van der Waals surface area contributed by atoms with Gasteiger partial charge in [-0.3, -0.25) is 14.4 Å². The number of aliphatic hydroxyl groups excluding tert-OH is 1. The van der Waals surface area contributed by atoms with Gasteiger partial charge in [0.05, 0.1) is 29.2 Å². The Morgan fingerprint density at radius 2 is 1.70 bits per heavy atom. The predicted molar refractivity (Wildman–Crippen MR) is 174 cm³/mol. The molecule has 43 heavy (non-hydrogen) atoms. The number of carbonyl (C=O) groups is 3. The molecule has 3 amide bonds. The van der Waals surface area contributed by atoms with E-state index in [1.807, 2.05) is 74.5 Å². The number of hydrogen-bond donors (Lipinski definition) is 1. The maximum atomic E-state index is 14.8. The molecule has 3 aliphatic heterocycles. The number of aliphatic hydroxyl groups is 1. The van der Waals surface area contributed by atoms with E-state index in [4.69, 9.17) is 0 Å². The topological polar surface area (TPSA) is 81.2 Å². The largest absolute Gasteiger partial charge is 0.394 e. The number of carbonyl (C=O) groups excluding carboxylic acids is 3. The van der Waals surface area contributed by atoms with Crippen molar-refractivity contribution in [2.45, 2.75) is 59.8 Å². The van der Waals surface area contributed by atoms with Gasteiger partial charge in [-0.25, -0.2) is 0 Å². The Kier molecular flexibility index (Phi) is 9.54. The summed E-state index contributed by atoms with van der Waals surface area (Å²) in [4.78, 5) is 49.0. The number of benzene rings is 2. The molecule has 1 N–H and O–H groups in total. The van der Waals surface area contributed by atoms with E-state index in [1.165, 1.54) is 0 Å².